The summed E-state index contributed by atoms with van der Waals surface area (Å²) in [4.78, 5) is 24.0. The van der Waals surface area contributed by atoms with E-state index in [0.717, 1.165) is 11.6 Å². The second-order valence-electron chi connectivity index (χ2n) is 4.97. The molecule has 0 spiro atoms. The van der Waals surface area contributed by atoms with Gasteiger partial charge in [0.2, 0.25) is 0 Å². The van der Waals surface area contributed by atoms with E-state index in [1.54, 1.807) is 12.1 Å². The van der Waals surface area contributed by atoms with Crippen LogP contribution in [0.15, 0.2) is 42.5 Å². The van der Waals surface area contributed by atoms with Gasteiger partial charge in [-0.3, -0.25) is 4.90 Å². The fourth-order valence-electron chi connectivity index (χ4n) is 2.33. The maximum absolute atomic E-state index is 14.1. The molecule has 0 bridgehead atoms. The highest BCUT2D eigenvalue weighted by molar-refractivity contribution is 6.04. The summed E-state index contributed by atoms with van der Waals surface area (Å²) in [7, 11) is 0. The number of fused-ring (bicyclic) bond motifs is 1. The fraction of sp³-hybridized carbons (Fsp3) is 0.125. The number of rotatable bonds is 4. The molecular weight excluding hydrogens is 303 g/mol. The first-order valence-corrected chi connectivity index (χ1v) is 6.85. The van der Waals surface area contributed by atoms with Gasteiger partial charge in [-0.05, 0) is 23.8 Å². The number of nitrogens with zero attached hydrogens (tertiary/aromatic N) is 1. The van der Waals surface area contributed by atoms with E-state index in [1.165, 1.54) is 17.0 Å². The van der Waals surface area contributed by atoms with Crippen LogP contribution < -0.4 is 15.0 Å². The van der Waals surface area contributed by atoms with Crippen LogP contribution in [0, 0.1) is 5.82 Å². The van der Waals surface area contributed by atoms with E-state index < -0.39 is 24.4 Å². The third-order valence-electron chi connectivity index (χ3n) is 3.40. The van der Waals surface area contributed by atoms with Crippen LogP contribution in [-0.2, 0) is 11.3 Å². The molecule has 0 aromatic heterocycles. The summed E-state index contributed by atoms with van der Waals surface area (Å²) < 4.78 is 19.1. The van der Waals surface area contributed by atoms with Crippen LogP contribution in [0.5, 0.6) is 5.75 Å². The van der Waals surface area contributed by atoms with Gasteiger partial charge in [0.1, 0.15) is 11.6 Å². The van der Waals surface area contributed by atoms with Gasteiger partial charge in [0, 0.05) is 11.8 Å². The highest BCUT2D eigenvalue weighted by Gasteiger charge is 2.26. The minimum Gasteiger partial charge on any atom is -0.482 e. The first-order valence-electron chi connectivity index (χ1n) is 6.85. The SMILES string of the molecule is O=C(O)COc1ccc(F)c(N2Cc3ccccc3NC2=O)c1. The Morgan fingerprint density at radius 2 is 2.09 bits per heavy atom. The van der Waals surface area contributed by atoms with Crippen molar-refractivity contribution in [3.8, 4) is 5.75 Å². The second-order valence-corrected chi connectivity index (χ2v) is 4.97. The van der Waals surface area contributed by atoms with E-state index in [4.69, 9.17) is 9.84 Å². The van der Waals surface area contributed by atoms with Crippen LogP contribution in [-0.4, -0.2) is 23.7 Å². The summed E-state index contributed by atoms with van der Waals surface area (Å²) in [6.07, 6.45) is 0. The number of urea groups is 1. The summed E-state index contributed by atoms with van der Waals surface area (Å²) >= 11 is 0. The molecule has 0 saturated carbocycles. The van der Waals surface area contributed by atoms with Gasteiger partial charge < -0.3 is 15.2 Å². The number of carbonyl (C=O) groups is 2. The van der Waals surface area contributed by atoms with Crippen molar-refractivity contribution in [2.45, 2.75) is 6.54 Å². The number of benzene rings is 2. The number of aliphatic carboxylic acids is 1. The highest BCUT2D eigenvalue weighted by Crippen LogP contribution is 2.31. The predicted molar refractivity (Wildman–Crippen MR) is 81.2 cm³/mol. The molecule has 3 rings (SSSR count). The zero-order valence-electron chi connectivity index (χ0n) is 12.0. The summed E-state index contributed by atoms with van der Waals surface area (Å²) in [5, 5.41) is 11.3. The zero-order valence-corrected chi connectivity index (χ0v) is 12.0. The van der Waals surface area contributed by atoms with Gasteiger partial charge in [-0.1, -0.05) is 18.2 Å². The number of carboxylic acid groups (broad SMARTS) is 1. The maximum atomic E-state index is 14.1. The molecule has 1 aliphatic rings. The molecule has 0 radical (unpaired) electrons. The second kappa shape index (κ2) is 5.96. The van der Waals surface area contributed by atoms with Crippen LogP contribution in [0.3, 0.4) is 0 Å². The van der Waals surface area contributed by atoms with Crippen molar-refractivity contribution in [1.29, 1.82) is 0 Å². The molecular formula is C16H13FN2O4. The van der Waals surface area contributed by atoms with Crippen LogP contribution in [0.1, 0.15) is 5.56 Å². The van der Waals surface area contributed by atoms with Crippen LogP contribution in [0.2, 0.25) is 0 Å². The van der Waals surface area contributed by atoms with Crippen LogP contribution >= 0.6 is 0 Å². The molecule has 0 aliphatic carbocycles. The molecule has 2 aromatic rings. The van der Waals surface area contributed by atoms with Crippen LogP contribution in [0.25, 0.3) is 0 Å². The molecule has 0 fully saturated rings. The molecule has 23 heavy (non-hydrogen) atoms. The van der Waals surface area contributed by atoms with Crippen molar-refractivity contribution in [2.24, 2.45) is 0 Å². The van der Waals surface area contributed by atoms with E-state index >= 15 is 0 Å². The third-order valence-corrected chi connectivity index (χ3v) is 3.40. The van der Waals surface area contributed by atoms with Gasteiger partial charge in [-0.2, -0.15) is 0 Å². The molecule has 1 heterocycles. The molecule has 1 aliphatic heterocycles. The molecule has 2 N–H and O–H groups in total. The van der Waals surface area contributed by atoms with E-state index in [9.17, 15) is 14.0 Å². The number of hydrogen-bond acceptors (Lipinski definition) is 3. The number of anilines is 2. The van der Waals surface area contributed by atoms with Crippen LogP contribution in [0.4, 0.5) is 20.6 Å². The lowest BCUT2D eigenvalue weighted by atomic mass is 10.1. The Balaban J connectivity index is 1.90. The van der Waals surface area contributed by atoms with Gasteiger partial charge in [0.15, 0.2) is 6.61 Å². The number of para-hydroxylation sites is 1. The van der Waals surface area contributed by atoms with Gasteiger partial charge in [0.05, 0.1) is 12.2 Å². The first-order chi connectivity index (χ1) is 11.0. The van der Waals surface area contributed by atoms with Gasteiger partial charge in [0.25, 0.3) is 0 Å². The third kappa shape index (κ3) is 3.08. The molecule has 0 saturated heterocycles. The fourth-order valence-corrected chi connectivity index (χ4v) is 2.33. The van der Waals surface area contributed by atoms with E-state index in [1.807, 2.05) is 12.1 Å². The lowest BCUT2D eigenvalue weighted by molar-refractivity contribution is -0.139. The van der Waals surface area contributed by atoms with Crippen molar-refractivity contribution in [3.05, 3.63) is 53.8 Å². The smallest absolute Gasteiger partial charge is 0.341 e. The summed E-state index contributed by atoms with van der Waals surface area (Å²) in [6.45, 7) is -0.332. The Bertz CT molecular complexity index is 778. The molecule has 0 unspecified atom stereocenters. The number of hydrogen-bond donors (Lipinski definition) is 2. The molecule has 7 heteroatoms. The molecule has 6 nitrogen and oxygen atoms in total. The summed E-state index contributed by atoms with van der Waals surface area (Å²) in [6, 6.07) is 10.5. The summed E-state index contributed by atoms with van der Waals surface area (Å²) in [5.41, 5.74) is 1.57. The maximum Gasteiger partial charge on any atom is 0.341 e. The number of amides is 2. The average molecular weight is 316 g/mol. The Morgan fingerprint density at radius 1 is 1.30 bits per heavy atom. The van der Waals surface area contributed by atoms with Gasteiger partial charge in [-0.25, -0.2) is 14.0 Å². The summed E-state index contributed by atoms with van der Waals surface area (Å²) in [5.74, 6) is -1.56. The van der Waals surface area contributed by atoms with Gasteiger partial charge >= 0.3 is 12.0 Å². The number of carboxylic acids is 1. The molecule has 118 valence electrons. The van der Waals surface area contributed by atoms with Crippen molar-refractivity contribution in [1.82, 2.24) is 0 Å². The minimum atomic E-state index is -1.14. The van der Waals surface area contributed by atoms with Crippen molar-refractivity contribution in [3.63, 3.8) is 0 Å². The normalized spacial score (nSPS) is 13.3. The predicted octanol–water partition coefficient (Wildman–Crippen LogP) is 2.84. The number of ether oxygens (including phenoxy) is 1. The van der Waals surface area contributed by atoms with Crippen molar-refractivity contribution in [2.75, 3.05) is 16.8 Å². The molecule has 0 atom stereocenters. The number of nitrogens with one attached hydrogen (secondary N) is 1. The lowest BCUT2D eigenvalue weighted by Gasteiger charge is -2.29. The Morgan fingerprint density at radius 3 is 2.87 bits per heavy atom. The van der Waals surface area contributed by atoms with Crippen molar-refractivity contribution < 1.29 is 23.8 Å². The van der Waals surface area contributed by atoms with Crippen molar-refractivity contribution >= 4 is 23.4 Å². The topological polar surface area (TPSA) is 78.9 Å². The van der Waals surface area contributed by atoms with Gasteiger partial charge in [-0.15, -0.1) is 0 Å². The van der Waals surface area contributed by atoms with E-state index in [0.29, 0.717) is 5.69 Å². The Kier molecular flexibility index (Phi) is 3.84. The highest BCUT2D eigenvalue weighted by atomic mass is 19.1. The largest absolute Gasteiger partial charge is 0.482 e. The number of halogens is 1. The molecule has 2 amide bonds. The number of carbonyl (C=O) groups excluding carboxylic acids is 1. The molecule has 2 aromatic carbocycles. The first kappa shape index (κ1) is 14.8. The minimum absolute atomic E-state index is 0.0277. The lowest BCUT2D eigenvalue weighted by Crippen LogP contribution is -2.39. The Hall–Kier alpha value is -3.09. The van der Waals surface area contributed by atoms with E-state index in [-0.39, 0.29) is 18.0 Å². The monoisotopic (exact) mass is 316 g/mol. The Labute approximate surface area is 131 Å². The standard InChI is InChI=1S/C16H13FN2O4/c17-12-6-5-11(23-9-15(20)21)7-14(12)19-8-10-3-1-2-4-13(10)18-16(19)22/h1-7H,8-9H2,(H,18,22)(H,20,21). The average Bonchev–Trinajstić information content (AvgIpc) is 2.53. The zero-order chi connectivity index (χ0) is 16.4. The quantitative estimate of drug-likeness (QED) is 0.909. The van der Waals surface area contributed by atoms with E-state index in [2.05, 4.69) is 5.32 Å².